The zero-order chi connectivity index (χ0) is 22.8. The van der Waals surface area contributed by atoms with Gasteiger partial charge in [0.25, 0.3) is 0 Å². The van der Waals surface area contributed by atoms with Crippen LogP contribution in [0.3, 0.4) is 0 Å². The number of hydrogen-bond acceptors (Lipinski definition) is 4. The van der Waals surface area contributed by atoms with Crippen LogP contribution in [-0.4, -0.2) is 60.6 Å². The standard InChI is InChI=1S/C15H23NS.C14H21NS/c1-3-9-15(10-4-1)17-14-8-2-5-11-16-12-6-7-13-16;1-2-8-14(9-3-1)16-13-7-6-12-15-10-4-5-11-15/h1,3-4,9-10H,2,5-8,11-14H2;1-3,8-9H,4-7,10-13H2. The van der Waals surface area contributed by atoms with Crippen LogP contribution in [0.4, 0.5) is 0 Å². The molecule has 2 aromatic carbocycles. The van der Waals surface area contributed by atoms with Crippen molar-refractivity contribution < 1.29 is 0 Å². The lowest BCUT2D eigenvalue weighted by Crippen LogP contribution is -2.20. The largest absolute Gasteiger partial charge is 0.303 e. The predicted octanol–water partition coefficient (Wildman–Crippen LogP) is 7.70. The Labute approximate surface area is 211 Å². The number of likely N-dealkylation sites (tertiary alicyclic amines) is 2. The Morgan fingerprint density at radius 1 is 0.485 bits per heavy atom. The molecular formula is C29H44N2S2. The Bertz CT molecular complexity index is 698. The quantitative estimate of drug-likeness (QED) is 0.212. The fraction of sp³-hybridized carbons (Fsp3) is 0.586. The Morgan fingerprint density at radius 3 is 1.33 bits per heavy atom. The molecule has 2 aliphatic rings. The van der Waals surface area contributed by atoms with Gasteiger partial charge in [0.15, 0.2) is 0 Å². The topological polar surface area (TPSA) is 6.48 Å². The van der Waals surface area contributed by atoms with Crippen molar-refractivity contribution in [1.29, 1.82) is 0 Å². The van der Waals surface area contributed by atoms with Crippen LogP contribution in [0.2, 0.25) is 0 Å². The highest BCUT2D eigenvalue weighted by atomic mass is 32.2. The van der Waals surface area contributed by atoms with Gasteiger partial charge in [-0.25, -0.2) is 0 Å². The molecule has 2 fully saturated rings. The van der Waals surface area contributed by atoms with E-state index in [4.69, 9.17) is 0 Å². The van der Waals surface area contributed by atoms with Crippen LogP contribution in [0.1, 0.15) is 57.8 Å². The molecule has 0 radical (unpaired) electrons. The minimum absolute atomic E-state index is 1.26. The Kier molecular flexibility index (Phi) is 14.1. The van der Waals surface area contributed by atoms with Gasteiger partial charge in [0.05, 0.1) is 0 Å². The van der Waals surface area contributed by atoms with Gasteiger partial charge in [-0.05, 0) is 126 Å². The SMILES string of the molecule is c1ccc(SCCCCCN2CCCC2)cc1.c1ccc(SCCCCN2CCCC2)cc1. The Hall–Kier alpha value is -0.940. The van der Waals surface area contributed by atoms with Gasteiger partial charge in [-0.2, -0.15) is 0 Å². The number of unbranched alkanes of at least 4 members (excludes halogenated alkanes) is 3. The van der Waals surface area contributed by atoms with E-state index in [-0.39, 0.29) is 0 Å². The summed E-state index contributed by atoms with van der Waals surface area (Å²) in [5.41, 5.74) is 0. The lowest BCUT2D eigenvalue weighted by molar-refractivity contribution is 0.330. The zero-order valence-electron chi connectivity index (χ0n) is 20.5. The molecule has 2 heterocycles. The molecule has 0 unspecified atom stereocenters. The molecule has 2 saturated heterocycles. The molecular weight excluding hydrogens is 440 g/mol. The molecule has 4 heteroatoms. The van der Waals surface area contributed by atoms with E-state index in [1.54, 1.807) is 0 Å². The number of nitrogens with zero attached hydrogens (tertiary/aromatic N) is 2. The lowest BCUT2D eigenvalue weighted by atomic mass is 10.2. The van der Waals surface area contributed by atoms with Crippen molar-refractivity contribution in [1.82, 2.24) is 9.80 Å². The van der Waals surface area contributed by atoms with E-state index >= 15 is 0 Å². The predicted molar refractivity (Wildman–Crippen MR) is 149 cm³/mol. The smallest absolute Gasteiger partial charge is 0.00719 e. The highest BCUT2D eigenvalue weighted by Gasteiger charge is 2.10. The van der Waals surface area contributed by atoms with E-state index in [2.05, 4.69) is 70.5 Å². The highest BCUT2D eigenvalue weighted by Crippen LogP contribution is 2.20. The Balaban J connectivity index is 0.000000186. The summed E-state index contributed by atoms with van der Waals surface area (Å²) in [7, 11) is 0. The average Bonchev–Trinajstić information content (AvgIpc) is 3.58. The van der Waals surface area contributed by atoms with Crippen LogP contribution in [-0.2, 0) is 0 Å². The summed E-state index contributed by atoms with van der Waals surface area (Å²) in [6.07, 6.45) is 12.5. The van der Waals surface area contributed by atoms with Crippen molar-refractivity contribution in [3.05, 3.63) is 60.7 Å². The molecule has 33 heavy (non-hydrogen) atoms. The molecule has 2 nitrogen and oxygen atoms in total. The maximum absolute atomic E-state index is 2.62. The van der Waals surface area contributed by atoms with E-state index in [0.717, 1.165) is 0 Å². The second kappa shape index (κ2) is 17.5. The molecule has 0 atom stereocenters. The van der Waals surface area contributed by atoms with Crippen molar-refractivity contribution in [3.8, 4) is 0 Å². The van der Waals surface area contributed by atoms with Crippen molar-refractivity contribution in [2.75, 3.05) is 50.8 Å². The maximum Gasteiger partial charge on any atom is 0.00719 e. The summed E-state index contributed by atoms with van der Waals surface area (Å²) in [6, 6.07) is 21.4. The first-order chi connectivity index (χ1) is 16.4. The van der Waals surface area contributed by atoms with E-state index in [9.17, 15) is 0 Å². The van der Waals surface area contributed by atoms with E-state index in [1.165, 1.54) is 118 Å². The third-order valence-corrected chi connectivity index (χ3v) is 8.61. The lowest BCUT2D eigenvalue weighted by Gasteiger charge is -2.13. The van der Waals surface area contributed by atoms with Gasteiger partial charge in [0.1, 0.15) is 0 Å². The maximum atomic E-state index is 2.62. The molecule has 0 spiro atoms. The number of thioether (sulfide) groups is 2. The second-order valence-corrected chi connectivity index (χ2v) is 11.5. The van der Waals surface area contributed by atoms with Crippen molar-refractivity contribution in [3.63, 3.8) is 0 Å². The van der Waals surface area contributed by atoms with Crippen LogP contribution in [0.25, 0.3) is 0 Å². The van der Waals surface area contributed by atoms with Gasteiger partial charge in [0.2, 0.25) is 0 Å². The van der Waals surface area contributed by atoms with Gasteiger partial charge in [-0.3, -0.25) is 0 Å². The van der Waals surface area contributed by atoms with Gasteiger partial charge in [0, 0.05) is 9.79 Å². The van der Waals surface area contributed by atoms with E-state index in [1.807, 2.05) is 23.5 Å². The average molecular weight is 485 g/mol. The van der Waals surface area contributed by atoms with Gasteiger partial charge >= 0.3 is 0 Å². The molecule has 0 aliphatic carbocycles. The minimum atomic E-state index is 1.26. The van der Waals surface area contributed by atoms with Crippen molar-refractivity contribution in [2.45, 2.75) is 67.6 Å². The van der Waals surface area contributed by atoms with Gasteiger partial charge in [-0.15, -0.1) is 23.5 Å². The molecule has 0 amide bonds. The van der Waals surface area contributed by atoms with Crippen LogP contribution < -0.4 is 0 Å². The van der Waals surface area contributed by atoms with Crippen LogP contribution >= 0.6 is 23.5 Å². The van der Waals surface area contributed by atoms with Crippen molar-refractivity contribution in [2.24, 2.45) is 0 Å². The molecule has 182 valence electrons. The fourth-order valence-electron chi connectivity index (χ4n) is 4.48. The molecule has 0 N–H and O–H groups in total. The summed E-state index contributed by atoms with van der Waals surface area (Å²) < 4.78 is 0. The first-order valence-electron chi connectivity index (χ1n) is 13.2. The highest BCUT2D eigenvalue weighted by molar-refractivity contribution is 7.99. The third kappa shape index (κ3) is 12.4. The molecule has 0 bridgehead atoms. The fourth-order valence-corrected chi connectivity index (χ4v) is 6.35. The second-order valence-electron chi connectivity index (χ2n) is 9.19. The van der Waals surface area contributed by atoms with Gasteiger partial charge < -0.3 is 9.80 Å². The first kappa shape index (κ1) is 26.7. The molecule has 0 saturated carbocycles. The third-order valence-electron chi connectivity index (χ3n) is 6.41. The first-order valence-corrected chi connectivity index (χ1v) is 15.2. The zero-order valence-corrected chi connectivity index (χ0v) is 22.1. The van der Waals surface area contributed by atoms with E-state index < -0.39 is 0 Å². The summed E-state index contributed by atoms with van der Waals surface area (Å²) in [5, 5.41) is 0. The normalized spacial score (nSPS) is 16.6. The number of hydrogen-bond donors (Lipinski definition) is 0. The monoisotopic (exact) mass is 484 g/mol. The molecule has 4 rings (SSSR count). The van der Waals surface area contributed by atoms with Crippen LogP contribution in [0, 0.1) is 0 Å². The Morgan fingerprint density at radius 2 is 0.879 bits per heavy atom. The summed E-state index contributed by atoms with van der Waals surface area (Å²) in [6.45, 7) is 8.01. The van der Waals surface area contributed by atoms with Crippen LogP contribution in [0.15, 0.2) is 70.5 Å². The summed E-state index contributed by atoms with van der Waals surface area (Å²) in [5.74, 6) is 2.53. The number of rotatable bonds is 13. The molecule has 2 aromatic rings. The minimum Gasteiger partial charge on any atom is -0.303 e. The van der Waals surface area contributed by atoms with Crippen molar-refractivity contribution >= 4 is 23.5 Å². The van der Waals surface area contributed by atoms with Gasteiger partial charge in [-0.1, -0.05) is 42.8 Å². The summed E-state index contributed by atoms with van der Waals surface area (Å²) in [4.78, 5) is 8.04. The summed E-state index contributed by atoms with van der Waals surface area (Å²) >= 11 is 3.97. The van der Waals surface area contributed by atoms with Crippen LogP contribution in [0.5, 0.6) is 0 Å². The number of benzene rings is 2. The molecule has 0 aromatic heterocycles. The van der Waals surface area contributed by atoms with E-state index in [0.29, 0.717) is 0 Å². The molecule has 2 aliphatic heterocycles.